The van der Waals surface area contributed by atoms with Crippen molar-refractivity contribution in [3.8, 4) is 11.3 Å². The van der Waals surface area contributed by atoms with E-state index in [0.717, 1.165) is 18.4 Å². The Bertz CT molecular complexity index is 863. The maximum Gasteiger partial charge on any atom is 0.276 e. The Morgan fingerprint density at radius 2 is 1.88 bits per heavy atom. The van der Waals surface area contributed by atoms with Crippen LogP contribution in [0.15, 0.2) is 45.4 Å². The molecule has 1 aliphatic rings. The average molecular weight is 338 g/mol. The summed E-state index contributed by atoms with van der Waals surface area (Å²) in [6.07, 6.45) is 1.60. The van der Waals surface area contributed by atoms with Crippen molar-refractivity contribution < 1.29 is 13.8 Å². The van der Waals surface area contributed by atoms with Gasteiger partial charge in [-0.25, -0.2) is 0 Å². The van der Waals surface area contributed by atoms with Crippen molar-refractivity contribution in [1.82, 2.24) is 20.2 Å². The van der Waals surface area contributed by atoms with Crippen LogP contribution >= 0.6 is 0 Å². The van der Waals surface area contributed by atoms with Crippen molar-refractivity contribution in [2.75, 3.05) is 13.1 Å². The van der Waals surface area contributed by atoms with Crippen LogP contribution in [-0.4, -0.2) is 39.2 Å². The van der Waals surface area contributed by atoms with Crippen molar-refractivity contribution in [1.29, 1.82) is 0 Å². The van der Waals surface area contributed by atoms with Gasteiger partial charge in [-0.05, 0) is 19.8 Å². The van der Waals surface area contributed by atoms with Gasteiger partial charge in [0.2, 0.25) is 5.89 Å². The molecular weight excluding hydrogens is 320 g/mol. The minimum absolute atomic E-state index is 0.105. The molecule has 1 aliphatic heterocycles. The number of aryl methyl sites for hydroxylation is 1. The Morgan fingerprint density at radius 1 is 1.12 bits per heavy atom. The lowest BCUT2D eigenvalue weighted by Gasteiger charge is -2.29. The summed E-state index contributed by atoms with van der Waals surface area (Å²) in [4.78, 5) is 18.7. The third kappa shape index (κ3) is 3.17. The summed E-state index contributed by atoms with van der Waals surface area (Å²) < 4.78 is 10.6. The molecule has 0 spiro atoms. The van der Waals surface area contributed by atoms with Crippen molar-refractivity contribution in [2.24, 2.45) is 0 Å². The number of carbonyl (C=O) groups excluding carboxylic acids is 1. The maximum atomic E-state index is 12.6. The summed E-state index contributed by atoms with van der Waals surface area (Å²) in [5, 5.41) is 7.78. The Morgan fingerprint density at radius 3 is 2.56 bits per heavy atom. The number of hydrogen-bond acceptors (Lipinski definition) is 6. The first-order valence-electron chi connectivity index (χ1n) is 8.32. The molecule has 0 saturated carbocycles. The van der Waals surface area contributed by atoms with Crippen molar-refractivity contribution in [3.05, 3.63) is 53.8 Å². The molecule has 0 unspecified atom stereocenters. The highest BCUT2D eigenvalue weighted by atomic mass is 16.5. The SMILES string of the molecule is Cc1noc(C2CCN(C(=O)c3cc(-c4ccccc4)on3)CC2)n1. The van der Waals surface area contributed by atoms with Crippen LogP contribution in [-0.2, 0) is 0 Å². The van der Waals surface area contributed by atoms with Gasteiger partial charge in [-0.15, -0.1) is 0 Å². The van der Waals surface area contributed by atoms with Gasteiger partial charge in [0.15, 0.2) is 17.3 Å². The highest BCUT2D eigenvalue weighted by Crippen LogP contribution is 2.28. The monoisotopic (exact) mass is 338 g/mol. The molecule has 1 saturated heterocycles. The Balaban J connectivity index is 1.42. The minimum atomic E-state index is -0.105. The molecule has 1 amide bonds. The number of benzene rings is 1. The van der Waals surface area contributed by atoms with Crippen LogP contribution < -0.4 is 0 Å². The molecule has 1 aromatic carbocycles. The first-order valence-corrected chi connectivity index (χ1v) is 8.32. The number of hydrogen-bond donors (Lipinski definition) is 0. The number of amides is 1. The summed E-state index contributed by atoms with van der Waals surface area (Å²) in [5.41, 5.74) is 1.24. The molecule has 25 heavy (non-hydrogen) atoms. The molecule has 0 radical (unpaired) electrons. The van der Waals surface area contributed by atoms with E-state index in [9.17, 15) is 4.79 Å². The van der Waals surface area contributed by atoms with E-state index in [-0.39, 0.29) is 11.8 Å². The molecule has 7 nitrogen and oxygen atoms in total. The maximum absolute atomic E-state index is 12.6. The van der Waals surface area contributed by atoms with Gasteiger partial charge in [0.05, 0.1) is 0 Å². The van der Waals surface area contributed by atoms with Gasteiger partial charge in [0, 0.05) is 30.6 Å². The number of aromatic nitrogens is 3. The van der Waals surface area contributed by atoms with Crippen molar-refractivity contribution in [3.63, 3.8) is 0 Å². The Kier molecular flexibility index (Phi) is 4.05. The fraction of sp³-hybridized carbons (Fsp3) is 0.333. The van der Waals surface area contributed by atoms with E-state index in [1.165, 1.54) is 0 Å². The molecule has 0 atom stereocenters. The smallest absolute Gasteiger partial charge is 0.276 e. The van der Waals surface area contributed by atoms with E-state index < -0.39 is 0 Å². The van der Waals surface area contributed by atoms with Crippen LogP contribution in [0, 0.1) is 6.92 Å². The van der Waals surface area contributed by atoms with E-state index in [1.54, 1.807) is 17.9 Å². The quantitative estimate of drug-likeness (QED) is 0.729. The van der Waals surface area contributed by atoms with E-state index >= 15 is 0 Å². The fourth-order valence-electron chi connectivity index (χ4n) is 3.08. The van der Waals surface area contributed by atoms with Crippen molar-refractivity contribution in [2.45, 2.75) is 25.7 Å². The molecule has 0 N–H and O–H groups in total. The van der Waals surface area contributed by atoms with Crippen LogP contribution in [0.1, 0.15) is 41.0 Å². The van der Waals surface area contributed by atoms with Crippen LogP contribution in [0.5, 0.6) is 0 Å². The largest absolute Gasteiger partial charge is 0.355 e. The molecule has 4 rings (SSSR count). The van der Waals surface area contributed by atoms with E-state index in [0.29, 0.717) is 36.3 Å². The highest BCUT2D eigenvalue weighted by Gasteiger charge is 2.29. The summed E-state index contributed by atoms with van der Waals surface area (Å²) in [6, 6.07) is 11.3. The van der Waals surface area contributed by atoms with E-state index in [4.69, 9.17) is 9.05 Å². The normalized spacial score (nSPS) is 15.5. The topological polar surface area (TPSA) is 85.3 Å². The van der Waals surface area contributed by atoms with Gasteiger partial charge in [-0.2, -0.15) is 4.98 Å². The third-order valence-corrected chi connectivity index (χ3v) is 4.46. The Labute approximate surface area is 144 Å². The van der Waals surface area contributed by atoms with Gasteiger partial charge in [-0.3, -0.25) is 4.79 Å². The molecule has 3 heterocycles. The van der Waals surface area contributed by atoms with Gasteiger partial charge in [0.1, 0.15) is 0 Å². The Hall–Kier alpha value is -2.96. The average Bonchev–Trinajstić information content (AvgIpc) is 3.31. The third-order valence-electron chi connectivity index (χ3n) is 4.46. The van der Waals surface area contributed by atoms with Crippen LogP contribution in [0.3, 0.4) is 0 Å². The van der Waals surface area contributed by atoms with Gasteiger partial charge >= 0.3 is 0 Å². The van der Waals surface area contributed by atoms with Crippen LogP contribution in [0.4, 0.5) is 0 Å². The number of likely N-dealkylation sites (tertiary alicyclic amines) is 1. The molecule has 3 aromatic rings. The number of rotatable bonds is 3. The first-order chi connectivity index (χ1) is 12.2. The second kappa shape index (κ2) is 6.51. The molecule has 128 valence electrons. The van der Waals surface area contributed by atoms with Crippen LogP contribution in [0.25, 0.3) is 11.3 Å². The molecule has 2 aromatic heterocycles. The summed E-state index contributed by atoms with van der Waals surface area (Å²) in [5.74, 6) is 2.01. The molecule has 0 bridgehead atoms. The van der Waals surface area contributed by atoms with E-state index in [2.05, 4.69) is 15.3 Å². The lowest BCUT2D eigenvalue weighted by Crippen LogP contribution is -2.38. The van der Waals surface area contributed by atoms with Gasteiger partial charge in [-0.1, -0.05) is 40.6 Å². The number of nitrogens with zero attached hydrogens (tertiary/aromatic N) is 4. The van der Waals surface area contributed by atoms with Gasteiger partial charge < -0.3 is 13.9 Å². The molecule has 0 aliphatic carbocycles. The van der Waals surface area contributed by atoms with E-state index in [1.807, 2.05) is 30.3 Å². The van der Waals surface area contributed by atoms with Crippen molar-refractivity contribution >= 4 is 5.91 Å². The number of piperidine rings is 1. The van der Waals surface area contributed by atoms with Gasteiger partial charge in [0.25, 0.3) is 5.91 Å². The number of carbonyl (C=O) groups is 1. The zero-order valence-corrected chi connectivity index (χ0v) is 13.9. The predicted molar refractivity (Wildman–Crippen MR) is 88.9 cm³/mol. The lowest BCUT2D eigenvalue weighted by molar-refractivity contribution is 0.0694. The summed E-state index contributed by atoms with van der Waals surface area (Å²) >= 11 is 0. The first kappa shape index (κ1) is 15.6. The highest BCUT2D eigenvalue weighted by molar-refractivity contribution is 5.93. The second-order valence-electron chi connectivity index (χ2n) is 6.19. The zero-order valence-electron chi connectivity index (χ0n) is 13.9. The second-order valence-corrected chi connectivity index (χ2v) is 6.19. The predicted octanol–water partition coefficient (Wildman–Crippen LogP) is 3.05. The lowest BCUT2D eigenvalue weighted by atomic mass is 9.96. The summed E-state index contributed by atoms with van der Waals surface area (Å²) in [6.45, 7) is 3.08. The summed E-state index contributed by atoms with van der Waals surface area (Å²) in [7, 11) is 0. The molecule has 7 heteroatoms. The molecule has 1 fully saturated rings. The fourth-order valence-corrected chi connectivity index (χ4v) is 3.08. The minimum Gasteiger partial charge on any atom is -0.355 e. The standard InChI is InChI=1S/C18H18N4O3/c1-12-19-17(25-20-12)14-7-9-22(10-8-14)18(23)15-11-16(24-21-15)13-5-3-2-4-6-13/h2-6,11,14H,7-10H2,1H3. The van der Waals surface area contributed by atoms with Crippen LogP contribution in [0.2, 0.25) is 0 Å². The molecular formula is C18H18N4O3. The zero-order chi connectivity index (χ0) is 17.2.